The number of hydrogen-bond acceptors (Lipinski definition) is 4. The van der Waals surface area contributed by atoms with Crippen molar-refractivity contribution in [1.29, 1.82) is 0 Å². The Morgan fingerprint density at radius 2 is 1.83 bits per heavy atom. The molecule has 0 unspecified atom stereocenters. The van der Waals surface area contributed by atoms with E-state index in [1.165, 1.54) is 18.2 Å². The van der Waals surface area contributed by atoms with Crippen molar-refractivity contribution in [1.82, 2.24) is 25.3 Å². The van der Waals surface area contributed by atoms with Crippen molar-refractivity contribution < 1.29 is 18.8 Å². The average Bonchev–Trinajstić information content (AvgIpc) is 3.21. The van der Waals surface area contributed by atoms with E-state index in [2.05, 4.69) is 21.8 Å². The summed E-state index contributed by atoms with van der Waals surface area (Å²) in [5.41, 5.74) is 3.51. The highest BCUT2D eigenvalue weighted by atomic mass is 19.1. The molecule has 2 aromatic carbocycles. The van der Waals surface area contributed by atoms with E-state index in [-0.39, 0.29) is 42.8 Å². The molecule has 4 rings (SSSR count). The second kappa shape index (κ2) is 10.9. The molecule has 35 heavy (non-hydrogen) atoms. The van der Waals surface area contributed by atoms with Crippen LogP contribution in [0.1, 0.15) is 50.5 Å². The van der Waals surface area contributed by atoms with E-state index in [1.54, 1.807) is 21.7 Å². The number of rotatable bonds is 8. The Balaban J connectivity index is 1.29. The van der Waals surface area contributed by atoms with Gasteiger partial charge >= 0.3 is 0 Å². The minimum Gasteiger partial charge on any atom is -0.352 e. The zero-order chi connectivity index (χ0) is 24.8. The maximum absolute atomic E-state index is 13.1. The van der Waals surface area contributed by atoms with E-state index in [9.17, 15) is 18.8 Å². The Labute approximate surface area is 203 Å². The van der Waals surface area contributed by atoms with Gasteiger partial charge in [0.05, 0.1) is 0 Å². The van der Waals surface area contributed by atoms with Gasteiger partial charge in [0.15, 0.2) is 5.69 Å². The highest BCUT2D eigenvalue weighted by Gasteiger charge is 2.26. The van der Waals surface area contributed by atoms with Crippen molar-refractivity contribution in [2.24, 2.45) is 0 Å². The van der Waals surface area contributed by atoms with Gasteiger partial charge in [-0.2, -0.15) is 5.10 Å². The molecule has 1 aromatic heterocycles. The molecule has 0 bridgehead atoms. The van der Waals surface area contributed by atoms with Crippen molar-refractivity contribution in [3.8, 4) is 0 Å². The molecule has 9 heteroatoms. The third-order valence-electron chi connectivity index (χ3n) is 5.81. The Morgan fingerprint density at radius 1 is 1.03 bits per heavy atom. The largest absolute Gasteiger partial charge is 0.352 e. The smallest absolute Gasteiger partial charge is 0.272 e. The van der Waals surface area contributed by atoms with E-state index in [0.29, 0.717) is 25.3 Å². The first-order valence-electron chi connectivity index (χ1n) is 11.6. The summed E-state index contributed by atoms with van der Waals surface area (Å²) in [4.78, 5) is 39.5. The molecule has 2 heterocycles. The van der Waals surface area contributed by atoms with Crippen molar-refractivity contribution >= 4 is 17.7 Å². The molecule has 0 atom stereocenters. The summed E-state index contributed by atoms with van der Waals surface area (Å²) in [5.74, 6) is -1.16. The molecular formula is C26H28FN5O3. The lowest BCUT2D eigenvalue weighted by molar-refractivity contribution is -0.121. The van der Waals surface area contributed by atoms with Crippen LogP contribution in [-0.2, 0) is 24.4 Å². The summed E-state index contributed by atoms with van der Waals surface area (Å²) < 4.78 is 14.5. The van der Waals surface area contributed by atoms with E-state index in [4.69, 9.17) is 0 Å². The van der Waals surface area contributed by atoms with Gasteiger partial charge in [-0.3, -0.25) is 19.1 Å². The summed E-state index contributed by atoms with van der Waals surface area (Å²) in [7, 11) is 0. The molecule has 0 spiro atoms. The number of nitrogens with one attached hydrogen (secondary N) is 2. The van der Waals surface area contributed by atoms with Gasteiger partial charge < -0.3 is 15.5 Å². The summed E-state index contributed by atoms with van der Waals surface area (Å²) in [6.07, 6.45) is 0.825. The summed E-state index contributed by atoms with van der Waals surface area (Å²) in [6, 6.07) is 15.4. The van der Waals surface area contributed by atoms with Crippen molar-refractivity contribution in [3.63, 3.8) is 0 Å². The first kappa shape index (κ1) is 24.1. The lowest BCUT2D eigenvalue weighted by Gasteiger charge is -2.20. The van der Waals surface area contributed by atoms with Gasteiger partial charge in [0, 0.05) is 45.2 Å². The summed E-state index contributed by atoms with van der Waals surface area (Å²) >= 11 is 0. The fourth-order valence-electron chi connectivity index (χ4n) is 4.00. The lowest BCUT2D eigenvalue weighted by Crippen LogP contribution is -2.31. The van der Waals surface area contributed by atoms with Crippen LogP contribution in [0.15, 0.2) is 54.6 Å². The lowest BCUT2D eigenvalue weighted by atomic mass is 10.1. The van der Waals surface area contributed by atoms with Crippen LogP contribution in [0.25, 0.3) is 0 Å². The third kappa shape index (κ3) is 6.32. The second-order valence-corrected chi connectivity index (χ2v) is 8.62. The van der Waals surface area contributed by atoms with E-state index in [1.807, 2.05) is 25.1 Å². The Hall–Kier alpha value is -4.01. The number of carbonyl (C=O) groups excluding carboxylic acids is 3. The molecular weight excluding hydrogens is 449 g/mol. The molecule has 0 saturated heterocycles. The Morgan fingerprint density at radius 3 is 2.60 bits per heavy atom. The summed E-state index contributed by atoms with van der Waals surface area (Å²) in [5, 5.41) is 9.74. The predicted molar refractivity (Wildman–Crippen MR) is 128 cm³/mol. The highest BCUT2D eigenvalue weighted by molar-refractivity contribution is 5.98. The first-order valence-corrected chi connectivity index (χ1v) is 11.6. The Kier molecular flexibility index (Phi) is 7.54. The molecule has 0 radical (unpaired) electrons. The third-order valence-corrected chi connectivity index (χ3v) is 5.81. The fourth-order valence-corrected chi connectivity index (χ4v) is 4.00. The van der Waals surface area contributed by atoms with Gasteiger partial charge in [0.1, 0.15) is 11.5 Å². The second-order valence-electron chi connectivity index (χ2n) is 8.62. The van der Waals surface area contributed by atoms with Crippen LogP contribution in [0.4, 0.5) is 4.39 Å². The van der Waals surface area contributed by atoms with Crippen LogP contribution in [0.5, 0.6) is 0 Å². The predicted octanol–water partition coefficient (Wildman–Crippen LogP) is 2.81. The monoisotopic (exact) mass is 477 g/mol. The molecule has 3 aromatic rings. The van der Waals surface area contributed by atoms with E-state index >= 15 is 0 Å². The number of fused-ring (bicyclic) bond motifs is 1. The number of nitrogens with zero attached hydrogens (tertiary/aromatic N) is 3. The van der Waals surface area contributed by atoms with Gasteiger partial charge in [-0.1, -0.05) is 42.0 Å². The van der Waals surface area contributed by atoms with Crippen molar-refractivity contribution in [2.75, 3.05) is 13.1 Å². The van der Waals surface area contributed by atoms with E-state index < -0.39 is 5.91 Å². The zero-order valence-corrected chi connectivity index (χ0v) is 19.6. The van der Waals surface area contributed by atoms with Gasteiger partial charge in [-0.15, -0.1) is 0 Å². The number of amides is 3. The number of hydrogen-bond donors (Lipinski definition) is 2. The van der Waals surface area contributed by atoms with Crippen LogP contribution in [0.3, 0.4) is 0 Å². The van der Waals surface area contributed by atoms with Gasteiger partial charge in [0.25, 0.3) is 11.8 Å². The number of aryl methyl sites for hydroxylation is 2. The highest BCUT2D eigenvalue weighted by Crippen LogP contribution is 2.17. The molecule has 1 aliphatic heterocycles. The molecule has 3 amide bonds. The van der Waals surface area contributed by atoms with Crippen molar-refractivity contribution in [2.45, 2.75) is 39.4 Å². The number of halogens is 1. The zero-order valence-electron chi connectivity index (χ0n) is 19.6. The SMILES string of the molecule is Cc1cccc(CN2CCCn3nc(C(=O)NCCC(=O)NCc4ccc(F)cc4)cc3C2=O)c1. The van der Waals surface area contributed by atoms with Crippen LogP contribution < -0.4 is 10.6 Å². The van der Waals surface area contributed by atoms with Crippen LogP contribution >= 0.6 is 0 Å². The Bertz CT molecular complexity index is 1220. The molecule has 0 fully saturated rings. The van der Waals surface area contributed by atoms with Gasteiger partial charge in [0.2, 0.25) is 5.91 Å². The van der Waals surface area contributed by atoms with E-state index in [0.717, 1.165) is 23.1 Å². The van der Waals surface area contributed by atoms with Crippen LogP contribution in [-0.4, -0.2) is 45.5 Å². The molecule has 8 nitrogen and oxygen atoms in total. The molecule has 0 saturated carbocycles. The quantitative estimate of drug-likeness (QED) is 0.522. The number of carbonyl (C=O) groups is 3. The van der Waals surface area contributed by atoms with Crippen LogP contribution in [0, 0.1) is 12.7 Å². The minimum absolute atomic E-state index is 0.0870. The molecule has 2 N–H and O–H groups in total. The molecule has 0 aliphatic carbocycles. The van der Waals surface area contributed by atoms with Crippen LogP contribution in [0.2, 0.25) is 0 Å². The number of aromatic nitrogens is 2. The average molecular weight is 478 g/mol. The maximum Gasteiger partial charge on any atom is 0.272 e. The topological polar surface area (TPSA) is 96.3 Å². The number of benzene rings is 2. The molecule has 182 valence electrons. The maximum atomic E-state index is 13.1. The normalized spacial score (nSPS) is 13.2. The van der Waals surface area contributed by atoms with Gasteiger partial charge in [-0.25, -0.2) is 4.39 Å². The molecule has 1 aliphatic rings. The van der Waals surface area contributed by atoms with Crippen molar-refractivity contribution in [3.05, 3.63) is 88.5 Å². The standard InChI is InChI=1S/C26H28FN5O3/c1-18-4-2-5-20(14-18)17-31-12-3-13-32-23(26(31)35)15-22(30-32)25(34)28-11-10-24(33)29-16-19-6-8-21(27)9-7-19/h2,4-9,14-15H,3,10-13,16-17H2,1H3,(H,28,34)(H,29,33). The minimum atomic E-state index is -0.435. The first-order chi connectivity index (χ1) is 16.9. The fraction of sp³-hybridized carbons (Fsp3) is 0.308. The summed E-state index contributed by atoms with van der Waals surface area (Å²) in [6.45, 7) is 4.09. The van der Waals surface area contributed by atoms with Gasteiger partial charge in [-0.05, 0) is 36.6 Å².